The van der Waals surface area contributed by atoms with Crippen molar-refractivity contribution in [3.63, 3.8) is 0 Å². The summed E-state index contributed by atoms with van der Waals surface area (Å²) in [5.74, 6) is -0.681. The van der Waals surface area contributed by atoms with Crippen LogP contribution in [-0.4, -0.2) is 9.91 Å². The fraction of sp³-hybridized carbons (Fsp3) is 0.154. The molecule has 0 amide bonds. The van der Waals surface area contributed by atoms with Crippen molar-refractivity contribution in [3.8, 4) is 5.75 Å². The molecule has 1 aromatic heterocycles. The Morgan fingerprint density at radius 1 is 1.37 bits per heavy atom. The molecule has 2 aromatic rings. The average molecular weight is 262 g/mol. The normalized spacial score (nSPS) is 10.2. The minimum Gasteiger partial charge on any atom is -0.484 e. The van der Waals surface area contributed by atoms with Crippen molar-refractivity contribution < 1.29 is 14.1 Å². The maximum Gasteiger partial charge on any atom is 0.272 e. The van der Waals surface area contributed by atoms with Crippen molar-refractivity contribution in [2.24, 2.45) is 0 Å². The van der Waals surface area contributed by atoms with E-state index < -0.39 is 10.9 Å². The third-order valence-corrected chi connectivity index (χ3v) is 2.72. The number of nitro groups is 1. The molecule has 6 heteroatoms. The van der Waals surface area contributed by atoms with E-state index in [9.17, 15) is 14.5 Å². The lowest BCUT2D eigenvalue weighted by molar-refractivity contribution is -0.385. The van der Waals surface area contributed by atoms with Gasteiger partial charge in [0.1, 0.15) is 6.61 Å². The van der Waals surface area contributed by atoms with Gasteiger partial charge in [-0.25, -0.2) is 4.98 Å². The second kappa shape index (κ2) is 5.43. The molecule has 19 heavy (non-hydrogen) atoms. The molecule has 0 atom stereocenters. The first kappa shape index (κ1) is 12.9. The molecule has 1 aromatic carbocycles. The zero-order valence-corrected chi connectivity index (χ0v) is 10.2. The Bertz CT molecular complexity index is 617. The summed E-state index contributed by atoms with van der Waals surface area (Å²) < 4.78 is 18.5. The quantitative estimate of drug-likeness (QED) is 0.482. The number of hydrogen-bond donors (Lipinski definition) is 0. The molecular weight excluding hydrogens is 251 g/mol. The molecule has 0 saturated heterocycles. The molecule has 2 rings (SSSR count). The topological polar surface area (TPSA) is 65.3 Å². The summed E-state index contributed by atoms with van der Waals surface area (Å²) in [6, 6.07) is 7.71. The van der Waals surface area contributed by atoms with E-state index >= 15 is 0 Å². The van der Waals surface area contributed by atoms with Crippen molar-refractivity contribution in [2.75, 3.05) is 0 Å². The fourth-order valence-corrected chi connectivity index (χ4v) is 1.66. The number of halogens is 1. The van der Waals surface area contributed by atoms with Crippen LogP contribution < -0.4 is 4.74 Å². The summed E-state index contributed by atoms with van der Waals surface area (Å²) in [7, 11) is 0. The highest BCUT2D eigenvalue weighted by atomic mass is 19.1. The molecule has 0 N–H and O–H groups in total. The van der Waals surface area contributed by atoms with Gasteiger partial charge in [0.15, 0.2) is 5.75 Å². The number of rotatable bonds is 4. The number of nitrogens with zero attached hydrogens (tertiary/aromatic N) is 2. The van der Waals surface area contributed by atoms with E-state index in [4.69, 9.17) is 4.74 Å². The molecule has 0 unspecified atom stereocenters. The van der Waals surface area contributed by atoms with Crippen LogP contribution in [0.3, 0.4) is 0 Å². The molecule has 0 aliphatic rings. The molecule has 0 aliphatic carbocycles. The van der Waals surface area contributed by atoms with Crippen molar-refractivity contribution in [2.45, 2.75) is 13.5 Å². The minimum absolute atomic E-state index is 0.0211. The van der Waals surface area contributed by atoms with Gasteiger partial charge >= 0.3 is 0 Å². The summed E-state index contributed by atoms with van der Waals surface area (Å²) >= 11 is 0. The lowest BCUT2D eigenvalue weighted by Gasteiger charge is -2.08. The van der Waals surface area contributed by atoms with E-state index in [1.165, 1.54) is 18.3 Å². The minimum atomic E-state index is -0.703. The van der Waals surface area contributed by atoms with Crippen LogP contribution in [0, 0.1) is 23.0 Å². The zero-order chi connectivity index (χ0) is 13.8. The number of benzene rings is 1. The molecule has 5 nitrogen and oxygen atoms in total. The van der Waals surface area contributed by atoms with Crippen molar-refractivity contribution >= 4 is 5.69 Å². The third kappa shape index (κ3) is 2.85. The van der Waals surface area contributed by atoms with Gasteiger partial charge < -0.3 is 4.74 Å². The van der Waals surface area contributed by atoms with Crippen LogP contribution in [-0.2, 0) is 6.61 Å². The lowest BCUT2D eigenvalue weighted by atomic mass is 10.1. The first-order valence-corrected chi connectivity index (χ1v) is 5.56. The molecule has 0 spiro atoms. The highest BCUT2D eigenvalue weighted by molar-refractivity contribution is 5.44. The molecule has 1 heterocycles. The fourth-order valence-electron chi connectivity index (χ4n) is 1.66. The van der Waals surface area contributed by atoms with E-state index in [-0.39, 0.29) is 18.0 Å². The standard InChI is InChI=1S/C13H11FN2O3/c1-9-10(4-2-5-11(9)16(17)18)8-19-12-6-3-7-15-13(12)14/h2-7H,8H2,1H3. The third-order valence-electron chi connectivity index (χ3n) is 2.72. The van der Waals surface area contributed by atoms with Crippen LogP contribution in [0.25, 0.3) is 0 Å². The summed E-state index contributed by atoms with van der Waals surface area (Å²) in [6.07, 6.45) is 1.32. The first-order chi connectivity index (χ1) is 9.09. The molecular formula is C13H11FN2O3. The highest BCUT2D eigenvalue weighted by Crippen LogP contribution is 2.23. The van der Waals surface area contributed by atoms with E-state index in [1.807, 2.05) is 0 Å². The van der Waals surface area contributed by atoms with E-state index in [2.05, 4.69) is 4.98 Å². The number of pyridine rings is 1. The SMILES string of the molecule is Cc1c(COc2cccnc2F)cccc1[N+](=O)[O-]. The van der Waals surface area contributed by atoms with Crippen molar-refractivity contribution in [3.05, 3.63) is 63.7 Å². The maximum absolute atomic E-state index is 13.3. The van der Waals surface area contributed by atoms with Gasteiger partial charge in [0.2, 0.25) is 0 Å². The van der Waals surface area contributed by atoms with Crippen LogP contribution in [0.1, 0.15) is 11.1 Å². The maximum atomic E-state index is 13.3. The van der Waals surface area contributed by atoms with Crippen LogP contribution in [0.4, 0.5) is 10.1 Å². The van der Waals surface area contributed by atoms with Gasteiger partial charge in [-0.15, -0.1) is 0 Å². The summed E-state index contributed by atoms with van der Waals surface area (Å²) in [5, 5.41) is 10.8. The van der Waals surface area contributed by atoms with Gasteiger partial charge in [-0.2, -0.15) is 4.39 Å². The van der Waals surface area contributed by atoms with Crippen LogP contribution in [0.2, 0.25) is 0 Å². The van der Waals surface area contributed by atoms with Gasteiger partial charge in [0.05, 0.1) is 4.92 Å². The Hall–Kier alpha value is -2.50. The van der Waals surface area contributed by atoms with E-state index in [1.54, 1.807) is 25.1 Å². The van der Waals surface area contributed by atoms with Gasteiger partial charge in [0.25, 0.3) is 11.6 Å². The van der Waals surface area contributed by atoms with Crippen molar-refractivity contribution in [1.29, 1.82) is 0 Å². The number of hydrogen-bond acceptors (Lipinski definition) is 4. The predicted octanol–water partition coefficient (Wildman–Crippen LogP) is 3.02. The monoisotopic (exact) mass is 262 g/mol. The second-order valence-corrected chi connectivity index (χ2v) is 3.90. The Kier molecular flexibility index (Phi) is 3.70. The van der Waals surface area contributed by atoms with Crippen molar-refractivity contribution in [1.82, 2.24) is 4.98 Å². The summed E-state index contributed by atoms with van der Waals surface area (Å²) in [4.78, 5) is 13.8. The number of nitro benzene ring substituents is 1. The zero-order valence-electron chi connectivity index (χ0n) is 10.2. The van der Waals surface area contributed by atoms with Gasteiger partial charge in [0, 0.05) is 17.8 Å². The lowest BCUT2D eigenvalue weighted by Crippen LogP contribution is -2.02. The number of aromatic nitrogens is 1. The van der Waals surface area contributed by atoms with Crippen LogP contribution in [0.5, 0.6) is 5.75 Å². The summed E-state index contributed by atoms with van der Waals surface area (Å²) in [6.45, 7) is 1.69. The molecule has 0 saturated carbocycles. The van der Waals surface area contributed by atoms with Crippen LogP contribution >= 0.6 is 0 Å². The van der Waals surface area contributed by atoms with Crippen LogP contribution in [0.15, 0.2) is 36.5 Å². The van der Waals surface area contributed by atoms with Gasteiger partial charge in [-0.1, -0.05) is 12.1 Å². The summed E-state index contributed by atoms with van der Waals surface area (Å²) in [5.41, 5.74) is 1.17. The number of ether oxygens (including phenoxy) is 1. The Labute approximate surface area is 108 Å². The van der Waals surface area contributed by atoms with E-state index in [0.717, 1.165) is 0 Å². The van der Waals surface area contributed by atoms with Gasteiger partial charge in [-0.05, 0) is 24.6 Å². The highest BCUT2D eigenvalue weighted by Gasteiger charge is 2.13. The Morgan fingerprint density at radius 2 is 2.16 bits per heavy atom. The average Bonchev–Trinajstić information content (AvgIpc) is 2.39. The molecule has 0 radical (unpaired) electrons. The molecule has 98 valence electrons. The smallest absolute Gasteiger partial charge is 0.272 e. The molecule has 0 bridgehead atoms. The Balaban J connectivity index is 2.19. The Morgan fingerprint density at radius 3 is 2.84 bits per heavy atom. The largest absolute Gasteiger partial charge is 0.484 e. The first-order valence-electron chi connectivity index (χ1n) is 5.56. The predicted molar refractivity (Wildman–Crippen MR) is 66.4 cm³/mol. The van der Waals surface area contributed by atoms with Gasteiger partial charge in [-0.3, -0.25) is 10.1 Å². The van der Waals surface area contributed by atoms with E-state index in [0.29, 0.717) is 11.1 Å². The second-order valence-electron chi connectivity index (χ2n) is 3.90. The molecule has 0 aliphatic heterocycles. The molecule has 0 fully saturated rings.